The van der Waals surface area contributed by atoms with Crippen LogP contribution < -0.4 is 0 Å². The van der Waals surface area contributed by atoms with Gasteiger partial charge in [-0.2, -0.15) is 8.42 Å². The second kappa shape index (κ2) is 23.5. The predicted octanol–water partition coefficient (Wildman–Crippen LogP) is 6.31. The van der Waals surface area contributed by atoms with Crippen LogP contribution in [0.2, 0.25) is 0 Å². The number of carbonyl (C=O) groups excluding carboxylic acids is 6. The lowest BCUT2D eigenvalue weighted by Gasteiger charge is -2.24. The van der Waals surface area contributed by atoms with Crippen molar-refractivity contribution in [2.24, 2.45) is 21.7 Å². The second-order valence-electron chi connectivity index (χ2n) is 17.9. The highest BCUT2D eigenvalue weighted by molar-refractivity contribution is 7.85. The molecule has 0 saturated carbocycles. The Morgan fingerprint density at radius 2 is 0.776 bits per heavy atom. The summed E-state index contributed by atoms with van der Waals surface area (Å²) in [7, 11) is -3.30. The molecular weight excluding hydrogens is 781 g/mol. The lowest BCUT2D eigenvalue weighted by molar-refractivity contribution is -0.149. The molecule has 0 aliphatic heterocycles. The smallest absolute Gasteiger partial charge is 0.338 e. The number of methoxy groups -OCH3 is 1. The molecule has 0 amide bonds. The summed E-state index contributed by atoms with van der Waals surface area (Å²) in [6.45, 7) is 16.5. The fraction of sp³-hybridized carbons (Fsp3) is 0.707. The molecular formula is C41H64O16S. The van der Waals surface area contributed by atoms with E-state index in [1.165, 1.54) is 0 Å². The first-order valence-corrected chi connectivity index (χ1v) is 20.7. The molecule has 16 nitrogen and oxygen atoms in total. The summed E-state index contributed by atoms with van der Waals surface area (Å²) >= 11 is 0. The molecule has 0 aromatic heterocycles. The minimum Gasteiger partial charge on any atom is -0.465 e. The summed E-state index contributed by atoms with van der Waals surface area (Å²) in [5, 5.41) is 0. The molecule has 0 fully saturated rings. The lowest BCUT2D eigenvalue weighted by Crippen LogP contribution is -2.29. The Hall–Kier alpha value is -4.09. The monoisotopic (exact) mass is 844 g/mol. The van der Waals surface area contributed by atoms with E-state index >= 15 is 0 Å². The van der Waals surface area contributed by atoms with E-state index < -0.39 is 49.7 Å². The van der Waals surface area contributed by atoms with Gasteiger partial charge < -0.3 is 33.2 Å². The average Bonchev–Trinajstić information content (AvgIpc) is 3.12. The Bertz CT molecular complexity index is 1650. The van der Waals surface area contributed by atoms with Crippen LogP contribution in [-0.4, -0.2) is 102 Å². The Kier molecular flexibility index (Phi) is 21.0. The SMILES string of the molecule is COCC(C)(C)COC(=O)CCCCC(=O)OCC(C)(C)COC(=O)c1cc(C(=O)OCC(C)(C)COC(=O)CCCCC(=O)OCC(C)(C)C)cc(S(=O)(=O)O)c1. The first-order valence-electron chi connectivity index (χ1n) is 19.2. The van der Waals surface area contributed by atoms with Gasteiger partial charge in [-0.25, -0.2) is 9.59 Å². The van der Waals surface area contributed by atoms with Crippen molar-refractivity contribution in [2.45, 2.75) is 119 Å². The minimum absolute atomic E-state index is 0.0564. The molecule has 0 atom stereocenters. The molecule has 0 heterocycles. The molecule has 1 aromatic carbocycles. The van der Waals surface area contributed by atoms with Crippen molar-refractivity contribution >= 4 is 45.9 Å². The molecule has 1 N–H and O–H groups in total. The molecule has 1 rings (SSSR count). The number of ether oxygens (including phenoxy) is 7. The van der Waals surface area contributed by atoms with Crippen molar-refractivity contribution in [1.82, 2.24) is 0 Å². The molecule has 0 saturated heterocycles. The second-order valence-corrected chi connectivity index (χ2v) is 19.3. The van der Waals surface area contributed by atoms with Crippen LogP contribution in [0, 0.1) is 21.7 Å². The first kappa shape index (κ1) is 51.9. The maximum Gasteiger partial charge on any atom is 0.338 e. The van der Waals surface area contributed by atoms with E-state index in [4.69, 9.17) is 33.2 Å². The number of unbranched alkanes of at least 4 members (excludes halogenated alkanes) is 2. The maximum absolute atomic E-state index is 13.0. The van der Waals surface area contributed by atoms with Crippen molar-refractivity contribution in [3.63, 3.8) is 0 Å². The summed E-state index contributed by atoms with van der Waals surface area (Å²) < 4.78 is 70.7. The highest BCUT2D eigenvalue weighted by Crippen LogP contribution is 2.23. The van der Waals surface area contributed by atoms with Crippen LogP contribution in [0.5, 0.6) is 0 Å². The molecule has 0 radical (unpaired) electrons. The summed E-state index contributed by atoms with van der Waals surface area (Å²) in [6, 6.07) is 2.74. The number of hydrogen-bond donors (Lipinski definition) is 1. The Balaban J connectivity index is 2.65. The fourth-order valence-electron chi connectivity index (χ4n) is 4.68. The van der Waals surface area contributed by atoms with Crippen LogP contribution in [0.3, 0.4) is 0 Å². The van der Waals surface area contributed by atoms with E-state index in [9.17, 15) is 41.7 Å². The van der Waals surface area contributed by atoms with E-state index in [2.05, 4.69) is 0 Å². The van der Waals surface area contributed by atoms with Crippen molar-refractivity contribution < 1.29 is 74.9 Å². The van der Waals surface area contributed by atoms with Gasteiger partial charge in [0.05, 0.1) is 62.3 Å². The van der Waals surface area contributed by atoms with Crippen LogP contribution in [0.25, 0.3) is 0 Å². The zero-order valence-electron chi connectivity index (χ0n) is 35.8. The van der Waals surface area contributed by atoms with Gasteiger partial charge in [0.25, 0.3) is 10.1 Å². The van der Waals surface area contributed by atoms with Gasteiger partial charge in [-0.05, 0) is 49.3 Å². The van der Waals surface area contributed by atoms with E-state index in [-0.39, 0.29) is 92.6 Å². The van der Waals surface area contributed by atoms with Gasteiger partial charge in [-0.1, -0.05) is 62.3 Å². The highest BCUT2D eigenvalue weighted by atomic mass is 32.2. The molecule has 330 valence electrons. The number of esters is 6. The van der Waals surface area contributed by atoms with Crippen molar-refractivity contribution in [1.29, 1.82) is 0 Å². The van der Waals surface area contributed by atoms with E-state index in [0.29, 0.717) is 38.9 Å². The lowest BCUT2D eigenvalue weighted by atomic mass is 9.96. The van der Waals surface area contributed by atoms with Gasteiger partial charge in [0.2, 0.25) is 0 Å². The van der Waals surface area contributed by atoms with Crippen LogP contribution in [0.15, 0.2) is 23.1 Å². The Labute approximate surface area is 343 Å². The third-order valence-electron chi connectivity index (χ3n) is 7.96. The highest BCUT2D eigenvalue weighted by Gasteiger charge is 2.28. The van der Waals surface area contributed by atoms with Gasteiger partial charge >= 0.3 is 35.8 Å². The molecule has 17 heteroatoms. The van der Waals surface area contributed by atoms with Crippen LogP contribution in [0.4, 0.5) is 0 Å². The van der Waals surface area contributed by atoms with Gasteiger partial charge in [-0.15, -0.1) is 0 Å². The fourth-order valence-corrected chi connectivity index (χ4v) is 5.23. The van der Waals surface area contributed by atoms with Gasteiger partial charge in [0.1, 0.15) is 0 Å². The predicted molar refractivity (Wildman–Crippen MR) is 210 cm³/mol. The maximum atomic E-state index is 13.0. The van der Waals surface area contributed by atoms with Crippen LogP contribution >= 0.6 is 0 Å². The number of rotatable bonds is 26. The van der Waals surface area contributed by atoms with E-state index in [1.54, 1.807) is 34.8 Å². The molecule has 0 aliphatic carbocycles. The van der Waals surface area contributed by atoms with Crippen LogP contribution in [0.1, 0.15) is 134 Å². The van der Waals surface area contributed by atoms with Crippen molar-refractivity contribution in [3.05, 3.63) is 29.3 Å². The average molecular weight is 845 g/mol. The van der Waals surface area contributed by atoms with E-state index in [1.807, 2.05) is 34.6 Å². The largest absolute Gasteiger partial charge is 0.465 e. The third kappa shape index (κ3) is 23.3. The summed E-state index contributed by atoms with van der Waals surface area (Å²) in [4.78, 5) is 73.8. The Morgan fingerprint density at radius 1 is 0.483 bits per heavy atom. The van der Waals surface area contributed by atoms with Crippen molar-refractivity contribution in [2.75, 3.05) is 53.4 Å². The molecule has 0 unspecified atom stereocenters. The van der Waals surface area contributed by atoms with Gasteiger partial charge in [0.15, 0.2) is 0 Å². The molecule has 0 aliphatic rings. The Morgan fingerprint density at radius 3 is 1.07 bits per heavy atom. The van der Waals surface area contributed by atoms with Gasteiger partial charge in [-0.3, -0.25) is 23.7 Å². The zero-order chi connectivity index (χ0) is 44.4. The number of carbonyl (C=O) groups is 6. The molecule has 58 heavy (non-hydrogen) atoms. The van der Waals surface area contributed by atoms with Gasteiger partial charge in [0, 0.05) is 49.0 Å². The number of benzene rings is 1. The topological polar surface area (TPSA) is 221 Å². The molecule has 0 spiro atoms. The number of hydrogen-bond acceptors (Lipinski definition) is 15. The summed E-state index contributed by atoms with van der Waals surface area (Å²) in [5.74, 6) is -3.77. The summed E-state index contributed by atoms with van der Waals surface area (Å²) in [5.41, 5.74) is -2.93. The first-order chi connectivity index (χ1) is 26.6. The minimum atomic E-state index is -4.87. The molecule has 0 bridgehead atoms. The van der Waals surface area contributed by atoms with Crippen LogP contribution in [-0.2, 0) is 62.5 Å². The quantitative estimate of drug-likeness (QED) is 0.0467. The standard InChI is InChI=1S/C41H64O16S/c1-38(2,3)22-52-32(42)15-11-12-17-34(44)54-25-40(6,7)27-56-36(46)29-19-30(21-31(20-29)58(48,49)50)37(47)57-28-41(8,9)26-55-35(45)18-14-13-16-33(43)53-24-39(4,5)23-51-10/h19-21H,11-18,22-28H2,1-10H3,(H,48,49,50). The molecule has 1 aromatic rings. The summed E-state index contributed by atoms with van der Waals surface area (Å²) in [6.07, 6.45) is 2.13. The zero-order valence-corrected chi connectivity index (χ0v) is 36.6. The van der Waals surface area contributed by atoms with Crippen molar-refractivity contribution in [3.8, 4) is 0 Å². The third-order valence-corrected chi connectivity index (χ3v) is 8.79. The normalized spacial score (nSPS) is 12.3. The van der Waals surface area contributed by atoms with E-state index in [0.717, 1.165) is 18.2 Å².